The van der Waals surface area contributed by atoms with Gasteiger partial charge in [-0.2, -0.15) is 0 Å². The van der Waals surface area contributed by atoms with Gasteiger partial charge in [-0.25, -0.2) is 19.3 Å². The third kappa shape index (κ3) is 9.85. The fourth-order valence-corrected chi connectivity index (χ4v) is 8.52. The van der Waals surface area contributed by atoms with E-state index in [9.17, 15) is 24.0 Å². The lowest BCUT2D eigenvalue weighted by Gasteiger charge is -2.35. The number of carbonyl (C=O) groups excluding carboxylic acids is 5. The smallest absolute Gasteiger partial charge is 0.419 e. The van der Waals surface area contributed by atoms with E-state index < -0.39 is 37.6 Å². The number of nitrogens with one attached hydrogen (secondary N) is 1. The number of carbonyl (C=O) groups is 5. The largest absolute Gasteiger partial charge is 0.479 e. The van der Waals surface area contributed by atoms with Gasteiger partial charge in [-0.3, -0.25) is 29.0 Å². The molecule has 3 aromatic heterocycles. The van der Waals surface area contributed by atoms with Crippen LogP contribution in [0.5, 0.6) is 5.75 Å². The Hall–Kier alpha value is -5.89. The first-order valence-electron chi connectivity index (χ1n) is 20.7. The second kappa shape index (κ2) is 17.6. The second-order valence-electron chi connectivity index (χ2n) is 17.9. The molecule has 6 heterocycles. The molecular formula is C45H53N7O8Si. The van der Waals surface area contributed by atoms with Crippen LogP contribution in [0.2, 0.25) is 25.7 Å². The summed E-state index contributed by atoms with van der Waals surface area (Å²) in [5.41, 5.74) is 2.65. The van der Waals surface area contributed by atoms with Gasteiger partial charge in [0, 0.05) is 62.1 Å². The Morgan fingerprint density at radius 3 is 2.51 bits per heavy atom. The van der Waals surface area contributed by atoms with Gasteiger partial charge >= 0.3 is 6.09 Å². The van der Waals surface area contributed by atoms with Gasteiger partial charge in [0.1, 0.15) is 42.2 Å². The van der Waals surface area contributed by atoms with Gasteiger partial charge in [0.25, 0.3) is 17.7 Å². The zero-order valence-corrected chi connectivity index (χ0v) is 36.9. The molecule has 15 nitrogen and oxygen atoms in total. The number of pyridine rings is 2. The standard InChI is InChI=1S/C45H53N7O8Si/c1-45(2,3)60-44(57)52-37-24-39(47-25-30(37)23-38(52)35-14-9-19-49(35)4)48-41(54)34-16-15-31(26-46-34)59-20-10-12-29-11-8-13-32-33(29)27-50(42(32)55)36-17-18-40(53)51(43(36)56)28-58-21-22-61(5,6)7/h8,11,13,15-16,23-26,35-36H,9,14,17-22,27-28H2,1-7H3,(H,47,48,54)/t35-,36?/m1/s1. The van der Waals surface area contributed by atoms with Crippen molar-refractivity contribution in [3.63, 3.8) is 0 Å². The summed E-state index contributed by atoms with van der Waals surface area (Å²) >= 11 is 0. The van der Waals surface area contributed by atoms with Crippen LogP contribution in [0.15, 0.2) is 54.9 Å². The summed E-state index contributed by atoms with van der Waals surface area (Å²) in [6.45, 7) is 13.6. The number of rotatable bonds is 11. The van der Waals surface area contributed by atoms with Crippen LogP contribution in [0.25, 0.3) is 10.9 Å². The first-order valence-corrected chi connectivity index (χ1v) is 24.4. The molecule has 3 aliphatic rings. The molecule has 2 saturated heterocycles. The second-order valence-corrected chi connectivity index (χ2v) is 23.5. The van der Waals surface area contributed by atoms with Crippen LogP contribution < -0.4 is 10.1 Å². The normalized spacial score (nSPS) is 18.3. The van der Waals surface area contributed by atoms with Crippen LogP contribution in [0.3, 0.4) is 0 Å². The lowest BCUT2D eigenvalue weighted by atomic mass is 10.0. The summed E-state index contributed by atoms with van der Waals surface area (Å²) in [5.74, 6) is 5.25. The van der Waals surface area contributed by atoms with Gasteiger partial charge in [0.05, 0.1) is 17.8 Å². The fourth-order valence-electron chi connectivity index (χ4n) is 7.77. The Balaban J connectivity index is 0.966. The van der Waals surface area contributed by atoms with Crippen LogP contribution in [-0.4, -0.2) is 112 Å². The highest BCUT2D eigenvalue weighted by Gasteiger charge is 2.43. The van der Waals surface area contributed by atoms with E-state index in [0.29, 0.717) is 34.6 Å². The molecule has 2 atom stereocenters. The number of imide groups is 1. The number of hydrogen-bond donors (Lipinski definition) is 1. The Bertz CT molecular complexity index is 2420. The van der Waals surface area contributed by atoms with Gasteiger partial charge in [-0.05, 0) is 95.6 Å². The first-order chi connectivity index (χ1) is 29.0. The summed E-state index contributed by atoms with van der Waals surface area (Å²) < 4.78 is 18.9. The van der Waals surface area contributed by atoms with Crippen molar-refractivity contribution in [2.75, 3.05) is 38.9 Å². The quantitative estimate of drug-likeness (QED) is 0.0764. The highest BCUT2D eigenvalue weighted by Crippen LogP contribution is 2.36. The van der Waals surface area contributed by atoms with Crippen molar-refractivity contribution in [1.29, 1.82) is 0 Å². The molecule has 0 spiro atoms. The van der Waals surface area contributed by atoms with Crippen molar-refractivity contribution in [3.05, 3.63) is 82.9 Å². The summed E-state index contributed by atoms with van der Waals surface area (Å²) in [6, 6.07) is 12.2. The van der Waals surface area contributed by atoms with Crippen molar-refractivity contribution in [2.45, 2.75) is 96.4 Å². The Morgan fingerprint density at radius 1 is 1.00 bits per heavy atom. The highest BCUT2D eigenvalue weighted by molar-refractivity contribution is 6.76. The fraction of sp³-hybridized carbons (Fsp3) is 0.444. The van der Waals surface area contributed by atoms with Crippen LogP contribution >= 0.6 is 0 Å². The average molecular weight is 848 g/mol. The number of nitrogens with zero attached hydrogens (tertiary/aromatic N) is 6. The third-order valence-corrected chi connectivity index (χ3v) is 12.7. The first kappa shape index (κ1) is 43.2. The van der Waals surface area contributed by atoms with Crippen molar-refractivity contribution >= 4 is 54.5 Å². The predicted molar refractivity (Wildman–Crippen MR) is 231 cm³/mol. The topological polar surface area (TPSA) is 165 Å². The molecule has 3 aliphatic heterocycles. The lowest BCUT2D eigenvalue weighted by molar-refractivity contribution is -0.158. The minimum atomic E-state index is -1.34. The zero-order chi connectivity index (χ0) is 43.6. The maximum Gasteiger partial charge on any atom is 0.419 e. The molecule has 0 bridgehead atoms. The zero-order valence-electron chi connectivity index (χ0n) is 35.9. The monoisotopic (exact) mass is 847 g/mol. The van der Waals surface area contributed by atoms with E-state index >= 15 is 0 Å². The number of amides is 4. The molecule has 7 rings (SSSR count). The van der Waals surface area contributed by atoms with Crippen molar-refractivity contribution in [1.82, 2.24) is 29.2 Å². The van der Waals surface area contributed by atoms with Crippen LogP contribution in [-0.2, 0) is 25.6 Å². The van der Waals surface area contributed by atoms with Crippen LogP contribution in [0, 0.1) is 11.8 Å². The number of hydrogen-bond acceptors (Lipinski definition) is 11. The average Bonchev–Trinajstić information content (AvgIpc) is 3.90. The predicted octanol–water partition coefficient (Wildman–Crippen LogP) is 6.45. The van der Waals surface area contributed by atoms with E-state index in [-0.39, 0.29) is 62.1 Å². The maximum absolute atomic E-state index is 13.5. The molecule has 16 heteroatoms. The third-order valence-electron chi connectivity index (χ3n) is 11.0. The number of piperidine rings is 1. The van der Waals surface area contributed by atoms with Crippen LogP contribution in [0.4, 0.5) is 10.6 Å². The molecule has 61 heavy (non-hydrogen) atoms. The molecule has 4 amide bonds. The van der Waals surface area contributed by atoms with E-state index in [2.05, 4.69) is 51.7 Å². The number of likely N-dealkylation sites (tertiary alicyclic amines) is 2. The highest BCUT2D eigenvalue weighted by atomic mass is 28.3. The summed E-state index contributed by atoms with van der Waals surface area (Å²) in [6.07, 6.45) is 4.90. The Morgan fingerprint density at radius 2 is 1.80 bits per heavy atom. The number of benzene rings is 1. The molecule has 0 saturated carbocycles. The molecule has 1 aromatic carbocycles. The van der Waals surface area contributed by atoms with E-state index in [4.69, 9.17) is 14.2 Å². The van der Waals surface area contributed by atoms with Gasteiger partial charge < -0.3 is 24.4 Å². The molecule has 320 valence electrons. The minimum Gasteiger partial charge on any atom is -0.479 e. The number of fused-ring (bicyclic) bond motifs is 2. The molecule has 2 fully saturated rings. The molecule has 1 unspecified atom stereocenters. The maximum atomic E-state index is 13.5. The summed E-state index contributed by atoms with van der Waals surface area (Å²) in [4.78, 5) is 80.1. The number of anilines is 1. The Labute approximate surface area is 356 Å². The molecule has 0 aliphatic carbocycles. The van der Waals surface area contributed by atoms with Gasteiger partial charge in [-0.15, -0.1) is 0 Å². The SMILES string of the molecule is CN1CCC[C@@H]1c1cc2cnc(NC(=O)c3ccc(OCC#Cc4cccc5c4CN(C4CCC(=O)N(COCC[Si](C)(C)C)C4=O)C5=O)cn3)cc2n1C(=O)OC(C)(C)C. The van der Waals surface area contributed by atoms with E-state index in [1.54, 1.807) is 35.0 Å². The van der Waals surface area contributed by atoms with E-state index in [0.717, 1.165) is 41.4 Å². The molecular weight excluding hydrogens is 795 g/mol. The van der Waals surface area contributed by atoms with Gasteiger partial charge in [0.15, 0.2) is 0 Å². The minimum absolute atomic E-state index is 0.00427. The number of aromatic nitrogens is 3. The van der Waals surface area contributed by atoms with Crippen molar-refractivity contribution < 1.29 is 38.2 Å². The van der Waals surface area contributed by atoms with E-state index in [1.165, 1.54) is 17.2 Å². The van der Waals surface area contributed by atoms with Gasteiger partial charge in [0.2, 0.25) is 5.91 Å². The summed E-state index contributed by atoms with van der Waals surface area (Å²) in [5, 5.41) is 3.55. The van der Waals surface area contributed by atoms with Crippen molar-refractivity contribution in [3.8, 4) is 17.6 Å². The Kier molecular flexibility index (Phi) is 12.5. The van der Waals surface area contributed by atoms with E-state index in [1.807, 2.05) is 40.0 Å². The number of ether oxygens (including phenoxy) is 3. The molecule has 0 radical (unpaired) electrons. The molecule has 4 aromatic rings. The van der Waals surface area contributed by atoms with Crippen LogP contribution in [0.1, 0.15) is 90.2 Å². The summed E-state index contributed by atoms with van der Waals surface area (Å²) in [7, 11) is 0.698. The van der Waals surface area contributed by atoms with Crippen molar-refractivity contribution in [2.24, 2.45) is 0 Å². The lowest BCUT2D eigenvalue weighted by Crippen LogP contribution is -2.55. The van der Waals surface area contributed by atoms with Gasteiger partial charge in [-0.1, -0.05) is 37.5 Å². The molecule has 1 N–H and O–H groups in total.